The lowest BCUT2D eigenvalue weighted by Crippen LogP contribution is -2.49. The smallest absolute Gasteiger partial charge is 0.0917 e. The summed E-state index contributed by atoms with van der Waals surface area (Å²) in [4.78, 5) is 0. The van der Waals surface area contributed by atoms with E-state index in [1.165, 1.54) is 0 Å². The highest BCUT2D eigenvalue weighted by molar-refractivity contribution is 7.99. The van der Waals surface area contributed by atoms with Crippen LogP contribution in [0.2, 0.25) is 0 Å². The van der Waals surface area contributed by atoms with Crippen molar-refractivity contribution in [3.05, 3.63) is 0 Å². The molecule has 4 heteroatoms. The molecule has 0 amide bonds. The molecule has 1 heterocycles. The number of hydrogen-bond acceptors (Lipinski definition) is 3. The predicted molar refractivity (Wildman–Crippen MR) is 52.4 cm³/mol. The van der Waals surface area contributed by atoms with Crippen molar-refractivity contribution in [2.24, 2.45) is 11.1 Å². The minimum Gasteiger partial charge on any atom is -0.387 e. The average molecular weight is 198 g/mol. The molecule has 11 heavy (non-hydrogen) atoms. The Balaban J connectivity index is 0.000001000. The van der Waals surface area contributed by atoms with E-state index < -0.39 is 5.60 Å². The van der Waals surface area contributed by atoms with Gasteiger partial charge in [-0.3, -0.25) is 0 Å². The maximum Gasteiger partial charge on any atom is 0.0917 e. The van der Waals surface area contributed by atoms with Gasteiger partial charge in [-0.05, 0) is 0 Å². The van der Waals surface area contributed by atoms with Gasteiger partial charge in [-0.15, -0.1) is 12.4 Å². The summed E-state index contributed by atoms with van der Waals surface area (Å²) in [6.07, 6.45) is 0. The summed E-state index contributed by atoms with van der Waals surface area (Å²) in [5, 5.41) is 9.88. The zero-order chi connectivity index (χ0) is 7.83. The Morgan fingerprint density at radius 3 is 2.18 bits per heavy atom. The molecule has 0 aromatic heterocycles. The van der Waals surface area contributed by atoms with Gasteiger partial charge < -0.3 is 10.8 Å². The van der Waals surface area contributed by atoms with Crippen LogP contribution in [-0.2, 0) is 0 Å². The Morgan fingerprint density at radius 2 is 2.00 bits per heavy atom. The fourth-order valence-electron chi connectivity index (χ4n) is 1.14. The minimum absolute atomic E-state index is 0. The van der Waals surface area contributed by atoms with Crippen LogP contribution in [-0.4, -0.2) is 28.8 Å². The van der Waals surface area contributed by atoms with E-state index in [-0.39, 0.29) is 17.8 Å². The molecule has 1 atom stereocenters. The highest BCUT2D eigenvalue weighted by Gasteiger charge is 2.46. The Kier molecular flexibility index (Phi) is 3.70. The monoisotopic (exact) mass is 197 g/mol. The first kappa shape index (κ1) is 11.6. The predicted octanol–water partition coefficient (Wildman–Crippen LogP) is 0.871. The minimum atomic E-state index is -0.627. The van der Waals surface area contributed by atoms with Gasteiger partial charge in [0.1, 0.15) is 0 Å². The van der Waals surface area contributed by atoms with E-state index in [2.05, 4.69) is 13.8 Å². The molecule has 3 N–H and O–H groups in total. The molecule has 0 aromatic rings. The molecule has 0 aliphatic carbocycles. The SMILES string of the molecule is CC1(C)CSCC1(O)CN.Cl. The first-order valence-electron chi connectivity index (χ1n) is 3.52. The second-order valence-electron chi connectivity index (χ2n) is 3.61. The largest absolute Gasteiger partial charge is 0.387 e. The second-order valence-corrected chi connectivity index (χ2v) is 4.60. The molecule has 1 aliphatic heterocycles. The van der Waals surface area contributed by atoms with Crippen LogP contribution in [0.15, 0.2) is 0 Å². The maximum absolute atomic E-state index is 9.88. The van der Waals surface area contributed by atoms with E-state index in [0.29, 0.717) is 6.54 Å². The molecule has 0 saturated carbocycles. The number of nitrogens with two attached hydrogens (primary N) is 1. The molecule has 1 aliphatic rings. The molecule has 0 spiro atoms. The first-order chi connectivity index (χ1) is 4.52. The summed E-state index contributed by atoms with van der Waals surface area (Å²) in [6.45, 7) is 4.52. The van der Waals surface area contributed by atoms with Gasteiger partial charge in [-0.1, -0.05) is 13.8 Å². The summed E-state index contributed by atoms with van der Waals surface area (Å²) in [6, 6.07) is 0. The molecular weight excluding hydrogens is 182 g/mol. The van der Waals surface area contributed by atoms with E-state index in [1.807, 2.05) is 0 Å². The van der Waals surface area contributed by atoms with Crippen LogP contribution in [0.1, 0.15) is 13.8 Å². The summed E-state index contributed by atoms with van der Waals surface area (Å²) in [5.41, 5.74) is 4.85. The highest BCUT2D eigenvalue weighted by Crippen LogP contribution is 2.42. The van der Waals surface area contributed by atoms with E-state index in [1.54, 1.807) is 11.8 Å². The van der Waals surface area contributed by atoms with Crippen LogP contribution >= 0.6 is 24.2 Å². The molecule has 1 fully saturated rings. The Labute approximate surface area is 78.3 Å². The maximum atomic E-state index is 9.88. The van der Waals surface area contributed by atoms with Crippen LogP contribution in [0.4, 0.5) is 0 Å². The van der Waals surface area contributed by atoms with Crippen molar-refractivity contribution in [3.8, 4) is 0 Å². The lowest BCUT2D eigenvalue weighted by Gasteiger charge is -2.34. The number of aliphatic hydroxyl groups is 1. The molecule has 1 rings (SSSR count). The topological polar surface area (TPSA) is 46.2 Å². The quantitative estimate of drug-likeness (QED) is 0.656. The number of rotatable bonds is 1. The van der Waals surface area contributed by atoms with Gasteiger partial charge in [0.25, 0.3) is 0 Å². The van der Waals surface area contributed by atoms with Crippen LogP contribution in [0.5, 0.6) is 0 Å². The summed E-state index contributed by atoms with van der Waals surface area (Å²) >= 11 is 1.78. The molecule has 68 valence electrons. The van der Waals surface area contributed by atoms with Crippen LogP contribution in [0, 0.1) is 5.41 Å². The summed E-state index contributed by atoms with van der Waals surface area (Å²) in [5.74, 6) is 1.80. The van der Waals surface area contributed by atoms with Crippen LogP contribution in [0.25, 0.3) is 0 Å². The lowest BCUT2D eigenvalue weighted by molar-refractivity contribution is -0.0171. The molecule has 2 nitrogen and oxygen atoms in total. The third-order valence-corrected chi connectivity index (χ3v) is 4.01. The van der Waals surface area contributed by atoms with Crippen molar-refractivity contribution in [1.82, 2.24) is 0 Å². The Bertz CT molecular complexity index is 142. The van der Waals surface area contributed by atoms with Crippen LogP contribution < -0.4 is 5.73 Å². The van der Waals surface area contributed by atoms with Crippen molar-refractivity contribution in [3.63, 3.8) is 0 Å². The van der Waals surface area contributed by atoms with Crippen LogP contribution in [0.3, 0.4) is 0 Å². The normalized spacial score (nSPS) is 34.9. The summed E-state index contributed by atoms with van der Waals surface area (Å²) in [7, 11) is 0. The Morgan fingerprint density at radius 1 is 1.45 bits per heavy atom. The Hall–Kier alpha value is 0.560. The number of thioether (sulfide) groups is 1. The molecule has 0 aromatic carbocycles. The van der Waals surface area contributed by atoms with Crippen molar-refractivity contribution < 1.29 is 5.11 Å². The zero-order valence-electron chi connectivity index (χ0n) is 6.96. The van der Waals surface area contributed by atoms with Crippen molar-refractivity contribution in [2.75, 3.05) is 18.1 Å². The second kappa shape index (κ2) is 3.52. The van der Waals surface area contributed by atoms with E-state index >= 15 is 0 Å². The standard InChI is InChI=1S/C7H15NOS.ClH/c1-6(2)4-10-5-7(6,9)3-8;/h9H,3-5,8H2,1-2H3;1H. The van der Waals surface area contributed by atoms with E-state index in [4.69, 9.17) is 5.73 Å². The van der Waals surface area contributed by atoms with E-state index in [9.17, 15) is 5.11 Å². The molecule has 1 saturated heterocycles. The average Bonchev–Trinajstić information content (AvgIpc) is 2.10. The third kappa shape index (κ3) is 1.83. The number of halogens is 1. The molecular formula is C7H16ClNOS. The first-order valence-corrected chi connectivity index (χ1v) is 4.67. The van der Waals surface area contributed by atoms with E-state index in [0.717, 1.165) is 11.5 Å². The van der Waals surface area contributed by atoms with Gasteiger partial charge in [-0.2, -0.15) is 11.8 Å². The van der Waals surface area contributed by atoms with Gasteiger partial charge in [0.15, 0.2) is 0 Å². The van der Waals surface area contributed by atoms with Gasteiger partial charge in [-0.25, -0.2) is 0 Å². The zero-order valence-corrected chi connectivity index (χ0v) is 8.60. The van der Waals surface area contributed by atoms with Crippen molar-refractivity contribution in [1.29, 1.82) is 0 Å². The highest BCUT2D eigenvalue weighted by atomic mass is 35.5. The third-order valence-electron chi connectivity index (χ3n) is 2.40. The lowest BCUT2D eigenvalue weighted by atomic mass is 9.78. The fraction of sp³-hybridized carbons (Fsp3) is 1.00. The van der Waals surface area contributed by atoms with Gasteiger partial charge in [0, 0.05) is 23.5 Å². The molecule has 1 unspecified atom stereocenters. The van der Waals surface area contributed by atoms with Crippen molar-refractivity contribution in [2.45, 2.75) is 19.4 Å². The van der Waals surface area contributed by atoms with Gasteiger partial charge in [0.05, 0.1) is 5.60 Å². The van der Waals surface area contributed by atoms with Gasteiger partial charge in [0.2, 0.25) is 0 Å². The molecule has 0 bridgehead atoms. The summed E-state index contributed by atoms with van der Waals surface area (Å²) < 4.78 is 0. The van der Waals surface area contributed by atoms with Crippen molar-refractivity contribution >= 4 is 24.2 Å². The number of hydrogen-bond donors (Lipinski definition) is 2. The van der Waals surface area contributed by atoms with Gasteiger partial charge >= 0.3 is 0 Å². The fourth-order valence-corrected chi connectivity index (χ4v) is 2.87. The molecule has 0 radical (unpaired) electrons.